The molecule has 0 aliphatic heterocycles. The van der Waals surface area contributed by atoms with Crippen molar-refractivity contribution in [3.8, 4) is 16.9 Å². The molecule has 0 saturated carbocycles. The number of amides is 2. The number of carbonyl (C=O) groups excluding carboxylic acids is 1. The number of hydrogen-bond donors (Lipinski definition) is 2. The highest BCUT2D eigenvalue weighted by Crippen LogP contribution is 2.32. The minimum atomic E-state index is -0.752. The number of rotatable bonds is 6. The first-order valence-electron chi connectivity index (χ1n) is 7.50. The number of aliphatic hydroxyl groups is 1. The summed E-state index contributed by atoms with van der Waals surface area (Å²) < 4.78 is 19.4. The highest BCUT2D eigenvalue weighted by atomic mass is 32.1. The Hall–Kier alpha value is -2.70. The summed E-state index contributed by atoms with van der Waals surface area (Å²) in [5, 5.41) is 21.4. The van der Waals surface area contributed by atoms with E-state index in [0.29, 0.717) is 6.54 Å². The molecule has 2 N–H and O–H groups in total. The fourth-order valence-electron chi connectivity index (χ4n) is 1.99. The minimum absolute atomic E-state index is 0.0927. The van der Waals surface area contributed by atoms with Crippen molar-refractivity contribution in [1.29, 1.82) is 5.26 Å². The van der Waals surface area contributed by atoms with E-state index in [0.717, 1.165) is 11.3 Å². The molecule has 2 rings (SSSR count). The van der Waals surface area contributed by atoms with Gasteiger partial charge in [0.1, 0.15) is 6.07 Å². The quantitative estimate of drug-likeness (QED) is 0.820. The van der Waals surface area contributed by atoms with Crippen LogP contribution in [0.4, 0.5) is 14.3 Å². The molecule has 0 saturated heterocycles. The van der Waals surface area contributed by atoms with Crippen LogP contribution in [0.15, 0.2) is 24.4 Å². The van der Waals surface area contributed by atoms with Crippen molar-refractivity contribution in [2.24, 2.45) is 0 Å². The maximum atomic E-state index is 14.0. The molecule has 0 unspecified atom stereocenters. The van der Waals surface area contributed by atoms with Crippen LogP contribution in [0, 0.1) is 17.1 Å². The van der Waals surface area contributed by atoms with Crippen LogP contribution in [0.2, 0.25) is 0 Å². The van der Waals surface area contributed by atoms with Crippen molar-refractivity contribution in [3.05, 3.63) is 35.8 Å². The van der Waals surface area contributed by atoms with Crippen LogP contribution >= 0.6 is 11.3 Å². The molecule has 1 heterocycles. The number of nitrogens with one attached hydrogen (secondary N) is 1. The highest BCUT2D eigenvalue weighted by Gasteiger charge is 2.16. The van der Waals surface area contributed by atoms with E-state index in [-0.39, 0.29) is 28.1 Å². The van der Waals surface area contributed by atoms with Crippen molar-refractivity contribution in [1.82, 2.24) is 9.88 Å². The zero-order valence-electron chi connectivity index (χ0n) is 13.7. The molecule has 132 valence electrons. The van der Waals surface area contributed by atoms with Gasteiger partial charge in [0.05, 0.1) is 17.9 Å². The maximum absolute atomic E-state index is 14.0. The topological polar surface area (TPSA) is 98.5 Å². The predicted molar refractivity (Wildman–Crippen MR) is 91.2 cm³/mol. The first-order chi connectivity index (χ1) is 11.9. The van der Waals surface area contributed by atoms with Gasteiger partial charge in [-0.25, -0.2) is 14.2 Å². The molecule has 2 aromatic rings. The molecular weight excluding hydrogens is 347 g/mol. The number of nitriles is 1. The Morgan fingerprint density at radius 1 is 1.60 bits per heavy atom. The third-order valence-corrected chi connectivity index (χ3v) is 3.94. The zero-order valence-corrected chi connectivity index (χ0v) is 14.5. The van der Waals surface area contributed by atoms with Gasteiger partial charge in [0.25, 0.3) is 0 Å². The van der Waals surface area contributed by atoms with Crippen LogP contribution in [-0.4, -0.2) is 40.2 Å². The Labute approximate surface area is 148 Å². The van der Waals surface area contributed by atoms with Crippen LogP contribution in [0.1, 0.15) is 19.4 Å². The molecule has 0 spiro atoms. The highest BCUT2D eigenvalue weighted by molar-refractivity contribution is 7.17. The third kappa shape index (κ3) is 4.89. The maximum Gasteiger partial charge on any atom is 0.323 e. The van der Waals surface area contributed by atoms with Crippen molar-refractivity contribution in [2.45, 2.75) is 20.0 Å². The summed E-state index contributed by atoms with van der Waals surface area (Å²) in [6.45, 7) is 4.01. The van der Waals surface area contributed by atoms with Crippen molar-refractivity contribution in [3.63, 3.8) is 0 Å². The Kier molecular flexibility index (Phi) is 6.27. The summed E-state index contributed by atoms with van der Waals surface area (Å²) in [6.07, 6.45) is 0.709. The largest absolute Gasteiger partial charge is 0.442 e. The van der Waals surface area contributed by atoms with E-state index in [1.54, 1.807) is 19.9 Å². The normalized spacial score (nSPS) is 11.5. The number of thiazole rings is 1. The van der Waals surface area contributed by atoms with Gasteiger partial charge < -0.3 is 14.7 Å². The number of aliphatic hydroxyl groups excluding tert-OH is 1. The molecule has 7 nitrogen and oxygen atoms in total. The first-order valence-corrected chi connectivity index (χ1v) is 8.32. The number of aromatic nitrogens is 1. The molecule has 9 heteroatoms. The van der Waals surface area contributed by atoms with E-state index >= 15 is 0 Å². The van der Waals surface area contributed by atoms with Gasteiger partial charge in [-0.05, 0) is 26.0 Å². The summed E-state index contributed by atoms with van der Waals surface area (Å²) in [6, 6.07) is 5.59. The zero-order chi connectivity index (χ0) is 18.4. The molecule has 0 radical (unpaired) electrons. The number of urea groups is 1. The second-order valence-electron chi connectivity index (χ2n) is 5.13. The lowest BCUT2D eigenvalue weighted by Crippen LogP contribution is -2.39. The minimum Gasteiger partial charge on any atom is -0.442 e. The van der Waals surface area contributed by atoms with Gasteiger partial charge in [0.2, 0.25) is 5.06 Å². The summed E-state index contributed by atoms with van der Waals surface area (Å²) in [7, 11) is 0. The van der Waals surface area contributed by atoms with Crippen molar-refractivity contribution in [2.75, 3.05) is 18.4 Å². The fraction of sp³-hybridized carbons (Fsp3) is 0.312. The van der Waals surface area contributed by atoms with E-state index in [9.17, 15) is 14.3 Å². The molecule has 1 aromatic carbocycles. The number of likely N-dealkylation sites (N-methyl/N-ethyl adjacent to an activating group) is 1. The number of anilines is 1. The lowest BCUT2D eigenvalue weighted by molar-refractivity contribution is 0.141. The number of hydrogen-bond acceptors (Lipinski definition) is 6. The smallest absolute Gasteiger partial charge is 0.323 e. The number of halogens is 1. The Morgan fingerprint density at radius 2 is 2.36 bits per heavy atom. The standard InChI is InChI=1S/C16H17FN4O3S/c1-3-21(9-10(2)22)16(23)20-15-19-8-13(25-15)24-12-6-4-5-11(7-18)14(12)17/h4-6,8,10,22H,3,9H2,1-2H3,(H,19,20,23)/t10-/m0/s1. The molecule has 0 fully saturated rings. The lowest BCUT2D eigenvalue weighted by atomic mass is 10.2. The molecule has 0 bridgehead atoms. The Bertz CT molecular complexity index is 788. The van der Waals surface area contributed by atoms with Gasteiger partial charge in [-0.1, -0.05) is 17.4 Å². The SMILES string of the molecule is CCN(C[C@H](C)O)C(=O)Nc1ncc(Oc2cccc(C#N)c2F)s1. The average Bonchev–Trinajstić information content (AvgIpc) is 3.01. The van der Waals surface area contributed by atoms with Gasteiger partial charge in [-0.2, -0.15) is 5.26 Å². The number of benzene rings is 1. The van der Waals surface area contributed by atoms with E-state index in [1.807, 2.05) is 0 Å². The molecular formula is C16H17FN4O3S. The Morgan fingerprint density at radius 3 is 3.00 bits per heavy atom. The van der Waals surface area contributed by atoms with E-state index in [2.05, 4.69) is 10.3 Å². The van der Waals surface area contributed by atoms with Gasteiger partial charge in [-0.3, -0.25) is 5.32 Å². The average molecular weight is 364 g/mol. The van der Waals surface area contributed by atoms with Gasteiger partial charge >= 0.3 is 6.03 Å². The number of carbonyl (C=O) groups is 1. The van der Waals surface area contributed by atoms with Crippen LogP contribution in [0.3, 0.4) is 0 Å². The van der Waals surface area contributed by atoms with E-state index in [1.165, 1.54) is 29.3 Å². The first kappa shape index (κ1) is 18.6. The van der Waals surface area contributed by atoms with Crippen LogP contribution in [0.25, 0.3) is 0 Å². The molecule has 25 heavy (non-hydrogen) atoms. The number of ether oxygens (including phenoxy) is 1. The van der Waals surface area contributed by atoms with Crippen LogP contribution < -0.4 is 10.1 Å². The third-order valence-electron chi connectivity index (χ3n) is 3.15. The fourth-order valence-corrected chi connectivity index (χ4v) is 2.66. The van der Waals surface area contributed by atoms with Crippen molar-refractivity contribution >= 4 is 22.5 Å². The van der Waals surface area contributed by atoms with E-state index < -0.39 is 18.0 Å². The van der Waals surface area contributed by atoms with Gasteiger partial charge in [0, 0.05) is 13.1 Å². The van der Waals surface area contributed by atoms with Gasteiger partial charge in [-0.15, -0.1) is 0 Å². The lowest BCUT2D eigenvalue weighted by Gasteiger charge is -2.21. The van der Waals surface area contributed by atoms with Gasteiger partial charge in [0.15, 0.2) is 16.7 Å². The summed E-state index contributed by atoms with van der Waals surface area (Å²) in [5.41, 5.74) is -0.118. The van der Waals surface area contributed by atoms with Crippen LogP contribution in [0.5, 0.6) is 10.8 Å². The second kappa shape index (κ2) is 8.41. The molecule has 1 aromatic heterocycles. The molecule has 0 aliphatic rings. The van der Waals surface area contributed by atoms with Crippen LogP contribution in [-0.2, 0) is 0 Å². The van der Waals surface area contributed by atoms with Crippen molar-refractivity contribution < 1.29 is 19.0 Å². The van der Waals surface area contributed by atoms with E-state index in [4.69, 9.17) is 10.00 Å². The Balaban J connectivity index is 2.05. The second-order valence-corrected chi connectivity index (χ2v) is 6.13. The molecule has 2 amide bonds. The molecule has 1 atom stereocenters. The summed E-state index contributed by atoms with van der Waals surface area (Å²) in [5.74, 6) is -0.844. The summed E-state index contributed by atoms with van der Waals surface area (Å²) >= 11 is 1.02. The monoisotopic (exact) mass is 364 g/mol. The number of nitrogens with zero attached hydrogens (tertiary/aromatic N) is 3. The predicted octanol–water partition coefficient (Wildman–Crippen LogP) is 3.18. The molecule has 0 aliphatic carbocycles. The summed E-state index contributed by atoms with van der Waals surface area (Å²) in [4.78, 5) is 17.6.